The molecule has 0 unspecified atom stereocenters. The number of rotatable bonds is 6. The number of likely N-dealkylation sites (tertiary alicyclic amines) is 1. The van der Waals surface area contributed by atoms with E-state index >= 15 is 0 Å². The molecule has 1 atom stereocenters. The zero-order chi connectivity index (χ0) is 24.7. The molecule has 0 radical (unpaired) electrons. The highest BCUT2D eigenvalue weighted by atomic mass is 19.3. The van der Waals surface area contributed by atoms with Gasteiger partial charge in [-0.15, -0.1) is 0 Å². The second-order valence-corrected chi connectivity index (χ2v) is 9.65. The van der Waals surface area contributed by atoms with Crippen LogP contribution in [0.2, 0.25) is 0 Å². The maximum atomic E-state index is 13.7. The van der Waals surface area contributed by atoms with Gasteiger partial charge < -0.3 is 19.4 Å². The van der Waals surface area contributed by atoms with E-state index in [4.69, 9.17) is 0 Å². The summed E-state index contributed by atoms with van der Waals surface area (Å²) in [7, 11) is 0. The lowest BCUT2D eigenvalue weighted by molar-refractivity contribution is -0.134. The third-order valence-electron chi connectivity index (χ3n) is 6.94. The van der Waals surface area contributed by atoms with E-state index in [9.17, 15) is 18.7 Å². The quantitative estimate of drug-likeness (QED) is 0.404. The van der Waals surface area contributed by atoms with Crippen molar-refractivity contribution in [3.63, 3.8) is 0 Å². The minimum atomic E-state index is -2.46. The lowest BCUT2D eigenvalue weighted by Crippen LogP contribution is -2.39. The molecule has 1 aliphatic rings. The molecule has 4 heterocycles. The molecule has 5 rings (SSSR count). The number of alkyl halides is 2. The average Bonchev–Trinajstić information content (AvgIpc) is 3.36. The van der Waals surface area contributed by atoms with Gasteiger partial charge in [0, 0.05) is 48.4 Å². The van der Waals surface area contributed by atoms with Gasteiger partial charge in [0.05, 0.1) is 23.9 Å². The van der Waals surface area contributed by atoms with Crippen LogP contribution in [0.15, 0.2) is 42.7 Å². The summed E-state index contributed by atoms with van der Waals surface area (Å²) in [5.74, 6) is 0.242. The number of H-pyrrole nitrogens is 1. The van der Waals surface area contributed by atoms with Crippen LogP contribution in [0.25, 0.3) is 27.8 Å². The highest BCUT2D eigenvalue weighted by Gasteiger charge is 2.25. The maximum Gasteiger partial charge on any atom is 0.242 e. The molecule has 2 N–H and O–H groups in total. The van der Waals surface area contributed by atoms with Crippen molar-refractivity contribution in [1.29, 1.82) is 0 Å². The molecule has 1 aliphatic heterocycles. The van der Waals surface area contributed by atoms with Crippen molar-refractivity contribution in [2.75, 3.05) is 13.1 Å². The number of aryl methyl sites for hydroxylation is 1. The first-order valence-corrected chi connectivity index (χ1v) is 12.1. The van der Waals surface area contributed by atoms with Gasteiger partial charge in [-0.1, -0.05) is 6.07 Å². The van der Waals surface area contributed by atoms with Gasteiger partial charge in [-0.2, -0.15) is 0 Å². The number of nitrogens with zero attached hydrogens (tertiary/aromatic N) is 3. The maximum absolute atomic E-state index is 13.7. The normalized spacial score (nSPS) is 16.0. The summed E-state index contributed by atoms with van der Waals surface area (Å²) in [5, 5.41) is 10.3. The second kappa shape index (κ2) is 9.41. The van der Waals surface area contributed by atoms with Gasteiger partial charge in [-0.25, -0.2) is 13.8 Å². The summed E-state index contributed by atoms with van der Waals surface area (Å²) in [4.78, 5) is 21.9. The van der Waals surface area contributed by atoms with Crippen molar-refractivity contribution in [2.24, 2.45) is 0 Å². The van der Waals surface area contributed by atoms with Gasteiger partial charge in [0.2, 0.25) is 12.3 Å². The average molecular weight is 481 g/mol. The lowest BCUT2D eigenvalue weighted by Gasteiger charge is -2.32. The molecule has 1 amide bonds. The number of amides is 1. The van der Waals surface area contributed by atoms with Gasteiger partial charge in [0.25, 0.3) is 0 Å². The van der Waals surface area contributed by atoms with E-state index in [0.29, 0.717) is 24.3 Å². The number of aromatic nitrogens is 3. The summed E-state index contributed by atoms with van der Waals surface area (Å²) in [5.41, 5.74) is 5.84. The Morgan fingerprint density at radius 1 is 1.20 bits per heavy atom. The summed E-state index contributed by atoms with van der Waals surface area (Å²) in [6, 6.07) is 9.91. The molecule has 35 heavy (non-hydrogen) atoms. The van der Waals surface area contributed by atoms with Crippen LogP contribution >= 0.6 is 0 Å². The number of nitrogens with one attached hydrogen (secondary N) is 1. The topological polar surface area (TPSA) is 73.6 Å². The Morgan fingerprint density at radius 2 is 1.97 bits per heavy atom. The minimum Gasteiger partial charge on any atom is -0.393 e. The number of imidazole rings is 1. The standard InChI is InChI=1S/C27H30F2N4O2/c1-16-14-33-15-20(4-6-25(33)30-16)27-22(13-24(28)29)21-12-19(3-5-23(21)31-27)18-7-9-32(10-8-18)26(35)11-17(2)34/h3-6,12,14-15,17-18,24,31,34H,7-11,13H2,1-2H3/t17-/m0/s1. The Hall–Kier alpha value is -3.26. The molecule has 1 fully saturated rings. The fraction of sp³-hybridized carbons (Fsp3) is 0.407. The highest BCUT2D eigenvalue weighted by Crippen LogP contribution is 2.36. The number of aliphatic hydroxyl groups is 1. The summed E-state index contributed by atoms with van der Waals surface area (Å²) in [6.07, 6.45) is 2.19. The molecule has 0 spiro atoms. The van der Waals surface area contributed by atoms with E-state index in [2.05, 4.69) is 16.0 Å². The van der Waals surface area contributed by atoms with Crippen LogP contribution in [0.4, 0.5) is 8.78 Å². The van der Waals surface area contributed by atoms with E-state index in [-0.39, 0.29) is 24.7 Å². The molecule has 1 saturated heterocycles. The van der Waals surface area contributed by atoms with E-state index in [1.54, 1.807) is 6.92 Å². The van der Waals surface area contributed by atoms with Crippen LogP contribution in [-0.2, 0) is 11.2 Å². The van der Waals surface area contributed by atoms with Crippen LogP contribution in [0, 0.1) is 6.92 Å². The number of carbonyl (C=O) groups excluding carboxylic acids is 1. The van der Waals surface area contributed by atoms with E-state index < -0.39 is 12.5 Å². The Morgan fingerprint density at radius 3 is 2.69 bits per heavy atom. The summed E-state index contributed by atoms with van der Waals surface area (Å²) >= 11 is 0. The molecule has 6 nitrogen and oxygen atoms in total. The monoisotopic (exact) mass is 480 g/mol. The molecule has 184 valence electrons. The Labute approximate surface area is 202 Å². The van der Waals surface area contributed by atoms with Crippen molar-refractivity contribution >= 4 is 22.5 Å². The number of fused-ring (bicyclic) bond motifs is 2. The third-order valence-corrected chi connectivity index (χ3v) is 6.94. The number of pyridine rings is 1. The van der Waals surface area contributed by atoms with Gasteiger partial charge >= 0.3 is 0 Å². The highest BCUT2D eigenvalue weighted by molar-refractivity contribution is 5.91. The molecule has 0 bridgehead atoms. The number of piperidine rings is 1. The predicted octanol–water partition coefficient (Wildman–Crippen LogP) is 5.08. The van der Waals surface area contributed by atoms with E-state index in [0.717, 1.165) is 46.2 Å². The fourth-order valence-corrected chi connectivity index (χ4v) is 5.24. The number of hydrogen-bond acceptors (Lipinski definition) is 3. The number of halogens is 2. The van der Waals surface area contributed by atoms with E-state index in [1.165, 1.54) is 0 Å². The molecule has 4 aromatic rings. The number of benzene rings is 1. The van der Waals surface area contributed by atoms with Gasteiger partial charge in [0.15, 0.2) is 0 Å². The van der Waals surface area contributed by atoms with Crippen LogP contribution in [-0.4, -0.2) is 55.9 Å². The summed E-state index contributed by atoms with van der Waals surface area (Å²) < 4.78 is 29.2. The largest absolute Gasteiger partial charge is 0.393 e. The molecular weight excluding hydrogens is 450 g/mol. The SMILES string of the molecule is Cc1cn2cc(-c3[nH]c4ccc(C5CCN(C(=O)C[C@H](C)O)CC5)cc4c3CC(F)F)ccc2n1. The third kappa shape index (κ3) is 4.80. The molecular formula is C27H30F2N4O2. The van der Waals surface area contributed by atoms with Gasteiger partial charge in [0.1, 0.15) is 5.65 Å². The van der Waals surface area contributed by atoms with Crippen molar-refractivity contribution in [3.05, 3.63) is 59.5 Å². The molecule has 3 aromatic heterocycles. The lowest BCUT2D eigenvalue weighted by atomic mass is 9.88. The van der Waals surface area contributed by atoms with Crippen molar-refractivity contribution in [2.45, 2.75) is 58.0 Å². The summed E-state index contributed by atoms with van der Waals surface area (Å²) in [6.45, 7) is 4.82. The van der Waals surface area contributed by atoms with Crippen LogP contribution in [0.3, 0.4) is 0 Å². The van der Waals surface area contributed by atoms with Crippen molar-refractivity contribution < 1.29 is 18.7 Å². The fourth-order valence-electron chi connectivity index (χ4n) is 5.24. The van der Waals surface area contributed by atoms with Crippen molar-refractivity contribution in [3.8, 4) is 11.3 Å². The van der Waals surface area contributed by atoms with Crippen LogP contribution in [0.1, 0.15) is 48.9 Å². The Bertz CT molecular complexity index is 1370. The van der Waals surface area contributed by atoms with Gasteiger partial charge in [-0.3, -0.25) is 4.79 Å². The number of aromatic amines is 1. The first-order chi connectivity index (χ1) is 16.8. The Kier molecular flexibility index (Phi) is 6.32. The minimum absolute atomic E-state index is 0.0200. The predicted molar refractivity (Wildman–Crippen MR) is 132 cm³/mol. The van der Waals surface area contributed by atoms with Crippen molar-refractivity contribution in [1.82, 2.24) is 19.3 Å². The number of carbonyl (C=O) groups is 1. The van der Waals surface area contributed by atoms with E-state index in [1.807, 2.05) is 52.9 Å². The number of hydrogen-bond donors (Lipinski definition) is 2. The first kappa shape index (κ1) is 23.5. The van der Waals surface area contributed by atoms with Gasteiger partial charge in [-0.05, 0) is 68.0 Å². The second-order valence-electron chi connectivity index (χ2n) is 9.65. The zero-order valence-electron chi connectivity index (χ0n) is 20.0. The zero-order valence-corrected chi connectivity index (χ0v) is 20.0. The molecule has 0 saturated carbocycles. The Balaban J connectivity index is 1.46. The smallest absolute Gasteiger partial charge is 0.242 e. The first-order valence-electron chi connectivity index (χ1n) is 12.1. The molecule has 0 aliphatic carbocycles. The number of aliphatic hydroxyl groups excluding tert-OH is 1. The molecule has 8 heteroatoms. The van der Waals surface area contributed by atoms with Crippen LogP contribution in [0.5, 0.6) is 0 Å². The van der Waals surface area contributed by atoms with Crippen LogP contribution < -0.4 is 0 Å². The molecule has 1 aromatic carbocycles.